The van der Waals surface area contributed by atoms with Crippen molar-refractivity contribution in [3.05, 3.63) is 437 Å². The molecular weight excluding hydrogens is 1320 g/mol. The fourth-order valence-corrected chi connectivity index (χ4v) is 15.5. The van der Waals surface area contributed by atoms with Gasteiger partial charge in [0.2, 0.25) is 0 Å². The first-order valence-corrected chi connectivity index (χ1v) is 37.2. The Morgan fingerprint density at radius 3 is 0.661 bits per heavy atom. The molecule has 0 aliphatic carbocycles. The Morgan fingerprint density at radius 1 is 0.138 bits per heavy atom. The van der Waals surface area contributed by atoms with E-state index in [9.17, 15) is 0 Å². The number of para-hydroxylation sites is 3. The number of rotatable bonds is 18. The molecule has 0 fully saturated rings. The van der Waals surface area contributed by atoms with Gasteiger partial charge in [-0.1, -0.05) is 279 Å². The van der Waals surface area contributed by atoms with Crippen molar-refractivity contribution in [2.24, 2.45) is 0 Å². The summed E-state index contributed by atoms with van der Waals surface area (Å²) in [4.78, 5) is 9.38. The van der Waals surface area contributed by atoms with E-state index in [2.05, 4.69) is 456 Å². The van der Waals surface area contributed by atoms with Gasteiger partial charge >= 0.3 is 0 Å². The highest BCUT2D eigenvalue weighted by molar-refractivity contribution is 6.08. The Balaban J connectivity index is 0.553. The van der Waals surface area contributed by atoms with E-state index in [1.165, 1.54) is 32.7 Å². The van der Waals surface area contributed by atoms with Crippen molar-refractivity contribution >= 4 is 112 Å². The summed E-state index contributed by atoms with van der Waals surface area (Å²) in [6.07, 6.45) is 0. The third kappa shape index (κ3) is 13.0. The maximum atomic E-state index is 6.49. The quantitative estimate of drug-likeness (QED) is 0.0853. The summed E-state index contributed by atoms with van der Waals surface area (Å²) >= 11 is 0. The molecule has 0 aliphatic heterocycles. The first-order valence-electron chi connectivity index (χ1n) is 37.2. The minimum atomic E-state index is 0.864. The molecule has 0 saturated carbocycles. The van der Waals surface area contributed by atoms with Crippen LogP contribution in [0.4, 0.5) is 68.2 Å². The van der Waals surface area contributed by atoms with Gasteiger partial charge in [0, 0.05) is 78.4 Å². The van der Waals surface area contributed by atoms with Crippen molar-refractivity contribution in [3.63, 3.8) is 0 Å². The van der Waals surface area contributed by atoms with Crippen LogP contribution in [0, 0.1) is 0 Å². The molecular formula is C104H72N4O. The van der Waals surface area contributed by atoms with Crippen molar-refractivity contribution < 1.29 is 4.42 Å². The van der Waals surface area contributed by atoms with E-state index in [1.54, 1.807) is 0 Å². The van der Waals surface area contributed by atoms with Crippen LogP contribution in [0.15, 0.2) is 441 Å². The number of hydrogen-bond acceptors (Lipinski definition) is 5. The molecule has 0 amide bonds. The summed E-state index contributed by atoms with van der Waals surface area (Å²) < 4.78 is 6.49. The molecule has 0 aliphatic rings. The zero-order chi connectivity index (χ0) is 72.4. The van der Waals surface area contributed by atoms with Gasteiger partial charge in [0.25, 0.3) is 0 Å². The first kappa shape index (κ1) is 65.3. The molecule has 18 aromatic carbocycles. The average Bonchev–Trinajstić information content (AvgIpc) is 1.71. The van der Waals surface area contributed by atoms with Crippen LogP contribution < -0.4 is 19.6 Å². The van der Waals surface area contributed by atoms with Crippen molar-refractivity contribution in [1.82, 2.24) is 0 Å². The lowest BCUT2D eigenvalue weighted by molar-refractivity contribution is 0.669. The molecule has 109 heavy (non-hydrogen) atoms. The van der Waals surface area contributed by atoms with Crippen molar-refractivity contribution in [2.75, 3.05) is 19.6 Å². The number of anilines is 12. The van der Waals surface area contributed by atoms with E-state index in [1.807, 2.05) is 0 Å². The minimum absolute atomic E-state index is 0.864. The van der Waals surface area contributed by atoms with Crippen molar-refractivity contribution in [2.45, 2.75) is 0 Å². The van der Waals surface area contributed by atoms with Gasteiger partial charge in [-0.05, 0) is 235 Å². The van der Waals surface area contributed by atoms with E-state index >= 15 is 0 Å². The van der Waals surface area contributed by atoms with Crippen LogP contribution in [0.2, 0.25) is 0 Å². The number of hydrogen-bond donors (Lipinski definition) is 0. The highest BCUT2D eigenvalue weighted by Crippen LogP contribution is 2.46. The van der Waals surface area contributed by atoms with E-state index in [0.717, 1.165) is 146 Å². The fraction of sp³-hybridized carbons (Fsp3) is 0. The molecule has 19 aromatic rings. The Kier molecular flexibility index (Phi) is 17.3. The first-order chi connectivity index (χ1) is 54.0. The van der Waals surface area contributed by atoms with E-state index in [-0.39, 0.29) is 0 Å². The minimum Gasteiger partial charge on any atom is -0.456 e. The molecule has 0 unspecified atom stereocenters. The second-order valence-electron chi connectivity index (χ2n) is 27.6. The molecule has 0 bridgehead atoms. The summed E-state index contributed by atoms with van der Waals surface area (Å²) in [5.41, 5.74) is 28.7. The third-order valence-corrected chi connectivity index (χ3v) is 21.1. The lowest BCUT2D eigenvalue weighted by Gasteiger charge is -2.27. The van der Waals surface area contributed by atoms with Crippen LogP contribution in [0.25, 0.3) is 110 Å². The van der Waals surface area contributed by atoms with E-state index in [0.29, 0.717) is 0 Å². The third-order valence-electron chi connectivity index (χ3n) is 21.1. The van der Waals surface area contributed by atoms with Gasteiger partial charge in [-0.25, -0.2) is 0 Å². The standard InChI is InChI=1S/C104H72N4O/c1-5-19-73(20-6-1)76-39-55-90(56-40-76)105(87-25-7-2-8-26-87)92-59-49-81(50-60-92)85-53-69-103-99(71-85)100-72-86(54-70-104(100)109-103)82-51-61-93(62-52-82)106(88-27-9-3-10-28-88)91-57-41-77(42-58-91)74-35-37-75(38-36-74)78-43-65-95(66-44-78)108(102-34-18-24-84-22-14-16-32-98(84)102)96-67-47-80(48-68-96)79-45-63-94(64-46-79)107(89-29-11-4-12-30-89)101-33-17-23-83-21-13-15-31-97(83)101/h1-72H. The normalized spacial score (nSPS) is 11.3. The van der Waals surface area contributed by atoms with Crippen LogP contribution in [0.5, 0.6) is 0 Å². The molecule has 5 nitrogen and oxygen atoms in total. The van der Waals surface area contributed by atoms with Crippen molar-refractivity contribution in [1.29, 1.82) is 0 Å². The van der Waals surface area contributed by atoms with Gasteiger partial charge in [0.15, 0.2) is 0 Å². The molecule has 1 aromatic heterocycles. The van der Waals surface area contributed by atoms with Crippen LogP contribution in [-0.2, 0) is 0 Å². The average molecular weight is 1390 g/mol. The zero-order valence-electron chi connectivity index (χ0n) is 59.8. The van der Waals surface area contributed by atoms with Crippen LogP contribution >= 0.6 is 0 Å². The molecule has 0 atom stereocenters. The Morgan fingerprint density at radius 2 is 0.349 bits per heavy atom. The Hall–Kier alpha value is -14.5. The Labute approximate surface area is 635 Å². The molecule has 0 N–H and O–H groups in total. The highest BCUT2D eigenvalue weighted by atomic mass is 16.3. The summed E-state index contributed by atoms with van der Waals surface area (Å²) in [6.45, 7) is 0. The number of fused-ring (bicyclic) bond motifs is 5. The maximum absolute atomic E-state index is 6.49. The van der Waals surface area contributed by atoms with Crippen LogP contribution in [0.1, 0.15) is 0 Å². The smallest absolute Gasteiger partial charge is 0.135 e. The molecule has 0 saturated heterocycles. The molecule has 5 heteroatoms. The molecule has 0 radical (unpaired) electrons. The van der Waals surface area contributed by atoms with Gasteiger partial charge in [-0.3, -0.25) is 0 Å². The summed E-state index contributed by atoms with van der Waals surface area (Å²) in [6, 6.07) is 157. The highest BCUT2D eigenvalue weighted by Gasteiger charge is 2.21. The van der Waals surface area contributed by atoms with Gasteiger partial charge in [0.1, 0.15) is 11.2 Å². The Bertz CT molecular complexity index is 6380. The summed E-state index contributed by atoms with van der Waals surface area (Å²) in [7, 11) is 0. The maximum Gasteiger partial charge on any atom is 0.135 e. The van der Waals surface area contributed by atoms with Crippen molar-refractivity contribution in [3.8, 4) is 66.8 Å². The lowest BCUT2D eigenvalue weighted by Crippen LogP contribution is -2.10. The van der Waals surface area contributed by atoms with Gasteiger partial charge < -0.3 is 24.0 Å². The largest absolute Gasteiger partial charge is 0.456 e. The summed E-state index contributed by atoms with van der Waals surface area (Å²) in [5, 5.41) is 6.97. The molecule has 1 heterocycles. The number of nitrogens with zero attached hydrogens (tertiary/aromatic N) is 4. The molecule has 19 rings (SSSR count). The predicted octanol–water partition coefficient (Wildman–Crippen LogP) is 29.8. The molecule has 0 spiro atoms. The van der Waals surface area contributed by atoms with Crippen LogP contribution in [-0.4, -0.2) is 0 Å². The SMILES string of the molecule is c1ccc(-c2ccc(N(c3ccccc3)c3ccc(-c4ccc5oc6ccc(-c7ccc(N(c8ccccc8)c8ccc(-c9ccc(-c%10ccc(N(c%11ccc(-c%12ccc(N(c%13ccccc%13)c%13cccc%14ccccc%13%14)cc%12)cc%11)c%11cccc%12ccccc%11%12)cc%10)cc9)cc8)cc7)cc6c5c4)cc3)cc2)cc1. The zero-order valence-corrected chi connectivity index (χ0v) is 59.8. The molecule has 514 valence electrons. The topological polar surface area (TPSA) is 26.1 Å². The van der Waals surface area contributed by atoms with Crippen LogP contribution in [0.3, 0.4) is 0 Å². The van der Waals surface area contributed by atoms with Gasteiger partial charge in [0.05, 0.1) is 11.4 Å². The second-order valence-corrected chi connectivity index (χ2v) is 27.6. The van der Waals surface area contributed by atoms with E-state index < -0.39 is 0 Å². The fourth-order valence-electron chi connectivity index (χ4n) is 15.5. The second kappa shape index (κ2) is 28.8. The lowest BCUT2D eigenvalue weighted by atomic mass is 9.99. The van der Waals surface area contributed by atoms with Gasteiger partial charge in [-0.15, -0.1) is 0 Å². The monoisotopic (exact) mass is 1390 g/mol. The van der Waals surface area contributed by atoms with E-state index in [4.69, 9.17) is 4.42 Å². The predicted molar refractivity (Wildman–Crippen MR) is 460 cm³/mol. The number of benzene rings is 18. The van der Waals surface area contributed by atoms with Gasteiger partial charge in [-0.2, -0.15) is 0 Å². The summed E-state index contributed by atoms with van der Waals surface area (Å²) in [5.74, 6) is 0. The number of furan rings is 1.